The highest BCUT2D eigenvalue weighted by atomic mass is 15.3. The van der Waals surface area contributed by atoms with Gasteiger partial charge in [0.1, 0.15) is 5.69 Å². The summed E-state index contributed by atoms with van der Waals surface area (Å²) in [5, 5.41) is 4.18. The first-order chi connectivity index (χ1) is 10.1. The largest absolute Gasteiger partial charge is 0.300 e. The van der Waals surface area contributed by atoms with Gasteiger partial charge in [-0.05, 0) is 39.3 Å². The molecule has 1 aliphatic rings. The molecule has 0 spiro atoms. The molecule has 3 heterocycles. The maximum absolute atomic E-state index is 4.66. The highest BCUT2D eigenvalue weighted by molar-refractivity contribution is 5.52. The van der Waals surface area contributed by atoms with Crippen molar-refractivity contribution >= 4 is 0 Å². The number of piperidine rings is 1. The highest BCUT2D eigenvalue weighted by Crippen LogP contribution is 2.27. The fourth-order valence-corrected chi connectivity index (χ4v) is 3.02. The molecule has 0 unspecified atom stereocenters. The quantitative estimate of drug-likeness (QED) is 0.869. The normalized spacial score (nSPS) is 20.1. The number of hydrogen-bond donors (Lipinski definition) is 0. The van der Waals surface area contributed by atoms with Gasteiger partial charge >= 0.3 is 0 Å². The van der Waals surface area contributed by atoms with Crippen molar-refractivity contribution in [1.29, 1.82) is 0 Å². The summed E-state index contributed by atoms with van der Waals surface area (Å²) in [5.74, 6) is 0.509. The van der Waals surface area contributed by atoms with E-state index in [0.717, 1.165) is 23.6 Å². The summed E-state index contributed by atoms with van der Waals surface area (Å²) in [7, 11) is 1.92. The zero-order chi connectivity index (χ0) is 14.8. The lowest BCUT2D eigenvalue weighted by Gasteiger charge is -2.35. The van der Waals surface area contributed by atoms with Gasteiger partial charge in [0.2, 0.25) is 0 Å². The van der Waals surface area contributed by atoms with Crippen molar-refractivity contribution in [2.45, 2.75) is 38.6 Å². The summed E-state index contributed by atoms with van der Waals surface area (Å²) in [5.41, 5.74) is 3.00. The molecule has 0 radical (unpaired) electrons. The number of likely N-dealkylation sites (tertiary alicyclic amines) is 1. The molecular formula is C16H23N5. The summed E-state index contributed by atoms with van der Waals surface area (Å²) in [6, 6.07) is 2.57. The average Bonchev–Trinajstić information content (AvgIpc) is 2.94. The van der Waals surface area contributed by atoms with E-state index in [-0.39, 0.29) is 0 Å². The lowest BCUT2D eigenvalue weighted by molar-refractivity contribution is 0.166. The van der Waals surface area contributed by atoms with Crippen LogP contribution in [-0.4, -0.2) is 43.8 Å². The monoisotopic (exact) mass is 285 g/mol. The van der Waals surface area contributed by atoms with E-state index < -0.39 is 0 Å². The Bertz CT molecular complexity index is 587. The van der Waals surface area contributed by atoms with E-state index in [1.54, 1.807) is 6.20 Å². The van der Waals surface area contributed by atoms with Gasteiger partial charge in [-0.1, -0.05) is 0 Å². The zero-order valence-corrected chi connectivity index (χ0v) is 13.0. The van der Waals surface area contributed by atoms with Crippen molar-refractivity contribution in [3.05, 3.63) is 30.4 Å². The Labute approximate surface area is 126 Å². The van der Waals surface area contributed by atoms with Crippen LogP contribution in [-0.2, 0) is 7.05 Å². The average molecular weight is 285 g/mol. The second-order valence-electron chi connectivity index (χ2n) is 6.09. The minimum absolute atomic E-state index is 0.509. The Morgan fingerprint density at radius 1 is 1.24 bits per heavy atom. The number of aryl methyl sites for hydroxylation is 1. The van der Waals surface area contributed by atoms with Gasteiger partial charge in [-0.25, -0.2) is 0 Å². The third kappa shape index (κ3) is 2.97. The van der Waals surface area contributed by atoms with E-state index in [0.29, 0.717) is 12.0 Å². The van der Waals surface area contributed by atoms with Crippen LogP contribution in [0.15, 0.2) is 24.7 Å². The van der Waals surface area contributed by atoms with Crippen LogP contribution in [0.3, 0.4) is 0 Å². The van der Waals surface area contributed by atoms with Crippen molar-refractivity contribution in [2.75, 3.05) is 13.1 Å². The molecule has 3 rings (SSSR count). The van der Waals surface area contributed by atoms with Crippen LogP contribution >= 0.6 is 0 Å². The van der Waals surface area contributed by atoms with Crippen molar-refractivity contribution in [1.82, 2.24) is 24.6 Å². The topological polar surface area (TPSA) is 46.8 Å². The van der Waals surface area contributed by atoms with Crippen LogP contribution in [0, 0.1) is 0 Å². The first kappa shape index (κ1) is 14.2. The molecule has 0 aromatic carbocycles. The molecule has 5 nitrogen and oxygen atoms in total. The van der Waals surface area contributed by atoms with E-state index >= 15 is 0 Å². The van der Waals surface area contributed by atoms with Crippen LogP contribution in [0.2, 0.25) is 0 Å². The number of aromatic nitrogens is 4. The van der Waals surface area contributed by atoms with Crippen molar-refractivity contribution < 1.29 is 0 Å². The number of nitrogens with zero attached hydrogens (tertiary/aromatic N) is 5. The van der Waals surface area contributed by atoms with Crippen LogP contribution in [0.1, 0.15) is 38.3 Å². The molecule has 5 heteroatoms. The third-order valence-electron chi connectivity index (χ3n) is 4.36. The molecule has 0 bridgehead atoms. The second-order valence-corrected chi connectivity index (χ2v) is 6.09. The molecule has 1 atom stereocenters. The first-order valence-electron chi connectivity index (χ1n) is 7.69. The van der Waals surface area contributed by atoms with Gasteiger partial charge in [-0.2, -0.15) is 5.10 Å². The molecule has 0 aliphatic carbocycles. The molecular weight excluding hydrogens is 262 g/mol. The van der Waals surface area contributed by atoms with Crippen molar-refractivity contribution in [2.24, 2.45) is 7.05 Å². The molecule has 1 fully saturated rings. The molecule has 1 aliphatic heterocycles. The fraction of sp³-hybridized carbons (Fsp3) is 0.562. The first-order valence-corrected chi connectivity index (χ1v) is 7.69. The van der Waals surface area contributed by atoms with E-state index in [1.807, 2.05) is 30.2 Å². The summed E-state index contributed by atoms with van der Waals surface area (Å²) < 4.78 is 1.82. The Morgan fingerprint density at radius 2 is 2.10 bits per heavy atom. The standard InChI is InChI=1S/C16H23N5/c1-12(2)21-8-4-5-13(11-21)14-9-18-15(10-17-14)16-6-7-19-20(16)3/h6-7,9-10,12-13H,4-5,8,11H2,1-3H3/t13-/m1/s1. The van der Waals surface area contributed by atoms with Gasteiger partial charge in [0, 0.05) is 37.9 Å². The smallest absolute Gasteiger partial charge is 0.107 e. The molecule has 2 aromatic rings. The van der Waals surface area contributed by atoms with Crippen LogP contribution in [0.4, 0.5) is 0 Å². The van der Waals surface area contributed by atoms with Crippen LogP contribution < -0.4 is 0 Å². The molecule has 21 heavy (non-hydrogen) atoms. The Balaban J connectivity index is 1.76. The summed E-state index contributed by atoms with van der Waals surface area (Å²) in [6.07, 6.45) is 8.06. The highest BCUT2D eigenvalue weighted by Gasteiger charge is 2.24. The molecule has 2 aromatic heterocycles. The van der Waals surface area contributed by atoms with Crippen molar-refractivity contribution in [3.63, 3.8) is 0 Å². The van der Waals surface area contributed by atoms with Crippen LogP contribution in [0.25, 0.3) is 11.4 Å². The number of hydrogen-bond acceptors (Lipinski definition) is 4. The Morgan fingerprint density at radius 3 is 2.71 bits per heavy atom. The SMILES string of the molecule is CC(C)N1CCC[C@@H](c2cnc(-c3ccnn3C)cn2)C1. The summed E-state index contributed by atoms with van der Waals surface area (Å²) in [4.78, 5) is 11.8. The Kier molecular flexibility index (Phi) is 4.01. The summed E-state index contributed by atoms with van der Waals surface area (Å²) >= 11 is 0. The molecule has 0 amide bonds. The van der Waals surface area contributed by atoms with Gasteiger partial charge in [-0.3, -0.25) is 14.6 Å². The number of rotatable bonds is 3. The van der Waals surface area contributed by atoms with E-state index in [1.165, 1.54) is 19.4 Å². The van der Waals surface area contributed by atoms with E-state index in [4.69, 9.17) is 0 Å². The second kappa shape index (κ2) is 5.93. The predicted octanol–water partition coefficient (Wildman–Crippen LogP) is 2.46. The van der Waals surface area contributed by atoms with E-state index in [2.05, 4.69) is 33.8 Å². The lowest BCUT2D eigenvalue weighted by atomic mass is 9.94. The minimum atomic E-state index is 0.509. The molecule has 112 valence electrons. The maximum atomic E-state index is 4.66. The zero-order valence-electron chi connectivity index (χ0n) is 13.0. The van der Waals surface area contributed by atoms with Crippen molar-refractivity contribution in [3.8, 4) is 11.4 Å². The van der Waals surface area contributed by atoms with Gasteiger partial charge < -0.3 is 4.90 Å². The van der Waals surface area contributed by atoms with Gasteiger partial charge in [0.15, 0.2) is 0 Å². The van der Waals surface area contributed by atoms with Crippen LogP contribution in [0.5, 0.6) is 0 Å². The van der Waals surface area contributed by atoms with Gasteiger partial charge in [-0.15, -0.1) is 0 Å². The summed E-state index contributed by atoms with van der Waals surface area (Å²) in [6.45, 7) is 6.82. The molecule has 1 saturated heterocycles. The third-order valence-corrected chi connectivity index (χ3v) is 4.36. The molecule has 0 saturated carbocycles. The van der Waals surface area contributed by atoms with Gasteiger partial charge in [0.25, 0.3) is 0 Å². The lowest BCUT2D eigenvalue weighted by Crippen LogP contribution is -2.39. The fourth-order valence-electron chi connectivity index (χ4n) is 3.02. The van der Waals surface area contributed by atoms with Gasteiger partial charge in [0.05, 0.1) is 17.6 Å². The molecule has 0 N–H and O–H groups in total. The Hall–Kier alpha value is -1.75. The van der Waals surface area contributed by atoms with E-state index in [9.17, 15) is 0 Å². The maximum Gasteiger partial charge on any atom is 0.107 e. The predicted molar refractivity (Wildman–Crippen MR) is 82.9 cm³/mol. The minimum Gasteiger partial charge on any atom is -0.300 e.